The summed E-state index contributed by atoms with van der Waals surface area (Å²) in [6, 6.07) is 7.98. The van der Waals surface area contributed by atoms with Crippen LogP contribution in [0.15, 0.2) is 24.3 Å². The summed E-state index contributed by atoms with van der Waals surface area (Å²) in [6.07, 6.45) is 0.626. The molecule has 3 rings (SSSR count). The molecular formula is C18H25N3O2. The summed E-state index contributed by atoms with van der Waals surface area (Å²) in [7, 11) is 5.87. The molecule has 5 heteroatoms. The summed E-state index contributed by atoms with van der Waals surface area (Å²) in [6.45, 7) is 3.55. The molecule has 5 nitrogen and oxygen atoms in total. The van der Waals surface area contributed by atoms with Crippen LogP contribution in [0, 0.1) is 6.92 Å². The number of benzene rings is 1. The Labute approximate surface area is 137 Å². The van der Waals surface area contributed by atoms with E-state index in [0.717, 1.165) is 22.2 Å². The number of para-hydroxylation sites is 1. The Morgan fingerprint density at radius 3 is 2.74 bits per heavy atom. The number of rotatable bonds is 3. The van der Waals surface area contributed by atoms with Crippen molar-refractivity contribution in [1.82, 2.24) is 14.4 Å². The third-order valence-electron chi connectivity index (χ3n) is 4.84. The van der Waals surface area contributed by atoms with Gasteiger partial charge in [-0.1, -0.05) is 18.2 Å². The third kappa shape index (κ3) is 2.75. The average Bonchev–Trinajstić information content (AvgIpc) is 2.98. The molecule has 0 bridgehead atoms. The number of likely N-dealkylation sites (tertiary alicyclic amines) is 1. The van der Waals surface area contributed by atoms with Gasteiger partial charge in [0.15, 0.2) is 0 Å². The number of aliphatic hydroxyl groups is 1. The van der Waals surface area contributed by atoms with E-state index in [4.69, 9.17) is 0 Å². The van der Waals surface area contributed by atoms with E-state index in [-0.39, 0.29) is 5.91 Å². The molecule has 124 valence electrons. The maximum absolute atomic E-state index is 13.1. The van der Waals surface area contributed by atoms with Gasteiger partial charge in [-0.05, 0) is 33.5 Å². The molecule has 1 fully saturated rings. The van der Waals surface area contributed by atoms with Crippen LogP contribution in [-0.4, -0.2) is 64.7 Å². The van der Waals surface area contributed by atoms with Crippen molar-refractivity contribution in [3.8, 4) is 0 Å². The van der Waals surface area contributed by atoms with Gasteiger partial charge in [-0.25, -0.2) is 0 Å². The fourth-order valence-corrected chi connectivity index (χ4v) is 3.70. The third-order valence-corrected chi connectivity index (χ3v) is 4.84. The number of amides is 1. The minimum atomic E-state index is -0.808. The SMILES string of the molecule is Cc1c(C(=O)N2CC[C@@](O)(CN(C)C)C2)c2ccccc2n1C. The van der Waals surface area contributed by atoms with Gasteiger partial charge in [0.25, 0.3) is 5.91 Å². The summed E-state index contributed by atoms with van der Waals surface area (Å²) in [5.41, 5.74) is 1.99. The van der Waals surface area contributed by atoms with Crippen LogP contribution >= 0.6 is 0 Å². The van der Waals surface area contributed by atoms with Crippen LogP contribution in [0.4, 0.5) is 0 Å². The molecular weight excluding hydrogens is 290 g/mol. The standard InChI is InChI=1S/C18H25N3O2/c1-13-16(14-7-5-6-8-15(14)20(13)4)17(22)21-10-9-18(23,12-21)11-19(2)3/h5-8,23H,9-12H2,1-4H3/t18-/m1/s1. The van der Waals surface area contributed by atoms with E-state index >= 15 is 0 Å². The average molecular weight is 315 g/mol. The van der Waals surface area contributed by atoms with Gasteiger partial charge in [0.1, 0.15) is 0 Å². The number of fused-ring (bicyclic) bond motifs is 1. The van der Waals surface area contributed by atoms with E-state index < -0.39 is 5.60 Å². The van der Waals surface area contributed by atoms with Gasteiger partial charge >= 0.3 is 0 Å². The second-order valence-electron chi connectivity index (χ2n) is 6.98. The molecule has 0 spiro atoms. The van der Waals surface area contributed by atoms with Crippen LogP contribution in [0.2, 0.25) is 0 Å². The van der Waals surface area contributed by atoms with Gasteiger partial charge in [0.2, 0.25) is 0 Å². The Bertz CT molecular complexity index is 750. The van der Waals surface area contributed by atoms with Crippen molar-refractivity contribution in [2.45, 2.75) is 18.9 Å². The fourth-order valence-electron chi connectivity index (χ4n) is 3.70. The molecule has 0 aliphatic carbocycles. The van der Waals surface area contributed by atoms with Crippen molar-refractivity contribution < 1.29 is 9.90 Å². The Hall–Kier alpha value is -1.85. The predicted molar refractivity (Wildman–Crippen MR) is 91.7 cm³/mol. The molecule has 1 aliphatic heterocycles. The molecule has 1 saturated heterocycles. The Balaban J connectivity index is 1.92. The van der Waals surface area contributed by atoms with Crippen LogP contribution in [-0.2, 0) is 7.05 Å². The highest BCUT2D eigenvalue weighted by Gasteiger charge is 2.39. The lowest BCUT2D eigenvalue weighted by atomic mass is 10.0. The second-order valence-corrected chi connectivity index (χ2v) is 6.98. The van der Waals surface area contributed by atoms with Crippen molar-refractivity contribution in [1.29, 1.82) is 0 Å². The van der Waals surface area contributed by atoms with Crippen LogP contribution < -0.4 is 0 Å². The zero-order valence-corrected chi connectivity index (χ0v) is 14.3. The number of carbonyl (C=O) groups excluding carboxylic acids is 1. The number of carbonyl (C=O) groups is 1. The van der Waals surface area contributed by atoms with Gasteiger partial charge in [-0.3, -0.25) is 4.79 Å². The van der Waals surface area contributed by atoms with Crippen LogP contribution in [0.1, 0.15) is 22.5 Å². The van der Waals surface area contributed by atoms with E-state index in [1.807, 2.05) is 57.2 Å². The maximum atomic E-state index is 13.1. The van der Waals surface area contributed by atoms with Gasteiger partial charge in [0, 0.05) is 36.7 Å². The monoisotopic (exact) mass is 315 g/mol. The number of aryl methyl sites for hydroxylation is 1. The molecule has 2 heterocycles. The number of nitrogens with zero attached hydrogens (tertiary/aromatic N) is 3. The van der Waals surface area contributed by atoms with E-state index in [0.29, 0.717) is 26.1 Å². The molecule has 0 saturated carbocycles. The van der Waals surface area contributed by atoms with Crippen LogP contribution in [0.3, 0.4) is 0 Å². The van der Waals surface area contributed by atoms with Crippen LogP contribution in [0.25, 0.3) is 10.9 Å². The van der Waals surface area contributed by atoms with Crippen LogP contribution in [0.5, 0.6) is 0 Å². The molecule has 1 aliphatic rings. The molecule has 0 radical (unpaired) electrons. The van der Waals surface area contributed by atoms with E-state index in [2.05, 4.69) is 4.57 Å². The smallest absolute Gasteiger partial charge is 0.256 e. The highest BCUT2D eigenvalue weighted by atomic mass is 16.3. The van der Waals surface area contributed by atoms with Gasteiger partial charge < -0.3 is 19.5 Å². The van der Waals surface area contributed by atoms with E-state index in [9.17, 15) is 9.90 Å². The molecule has 1 aromatic carbocycles. The highest BCUT2D eigenvalue weighted by Crippen LogP contribution is 2.29. The van der Waals surface area contributed by atoms with Crippen molar-refractivity contribution in [2.75, 3.05) is 33.7 Å². The number of likely N-dealkylation sites (N-methyl/N-ethyl adjacent to an activating group) is 1. The molecule has 1 N–H and O–H groups in total. The summed E-state index contributed by atoms with van der Waals surface area (Å²) < 4.78 is 2.06. The number of aromatic nitrogens is 1. The summed E-state index contributed by atoms with van der Waals surface area (Å²) in [5.74, 6) is 0.0222. The highest BCUT2D eigenvalue weighted by molar-refractivity contribution is 6.08. The summed E-state index contributed by atoms with van der Waals surface area (Å²) >= 11 is 0. The Morgan fingerprint density at radius 1 is 1.35 bits per heavy atom. The first-order valence-electron chi connectivity index (χ1n) is 8.03. The lowest BCUT2D eigenvalue weighted by Crippen LogP contribution is -2.43. The summed E-state index contributed by atoms with van der Waals surface area (Å²) in [4.78, 5) is 16.8. The van der Waals surface area contributed by atoms with Crippen molar-refractivity contribution in [3.63, 3.8) is 0 Å². The topological polar surface area (TPSA) is 48.7 Å². The number of β-amino-alcohol motifs (C(OH)–C–C–N with tert-alkyl or cyclic N) is 1. The lowest BCUT2D eigenvalue weighted by molar-refractivity contribution is 0.0236. The second kappa shape index (κ2) is 5.65. The Morgan fingerprint density at radius 2 is 2.04 bits per heavy atom. The van der Waals surface area contributed by atoms with E-state index in [1.165, 1.54) is 0 Å². The fraction of sp³-hybridized carbons (Fsp3) is 0.500. The first kappa shape index (κ1) is 16.0. The zero-order chi connectivity index (χ0) is 16.8. The predicted octanol–water partition coefficient (Wildman–Crippen LogP) is 1.63. The molecule has 2 aromatic rings. The van der Waals surface area contributed by atoms with Crippen molar-refractivity contribution in [3.05, 3.63) is 35.5 Å². The van der Waals surface area contributed by atoms with Crippen molar-refractivity contribution >= 4 is 16.8 Å². The minimum Gasteiger partial charge on any atom is -0.387 e. The molecule has 23 heavy (non-hydrogen) atoms. The normalized spacial score (nSPS) is 21.6. The Kier molecular flexibility index (Phi) is 3.94. The number of hydrogen-bond donors (Lipinski definition) is 1. The largest absolute Gasteiger partial charge is 0.387 e. The van der Waals surface area contributed by atoms with Gasteiger partial charge in [-0.15, -0.1) is 0 Å². The molecule has 1 amide bonds. The van der Waals surface area contributed by atoms with E-state index in [1.54, 1.807) is 4.90 Å². The van der Waals surface area contributed by atoms with Crippen molar-refractivity contribution in [2.24, 2.45) is 7.05 Å². The number of hydrogen-bond acceptors (Lipinski definition) is 3. The summed E-state index contributed by atoms with van der Waals surface area (Å²) in [5, 5.41) is 11.7. The molecule has 0 unspecified atom stereocenters. The maximum Gasteiger partial charge on any atom is 0.256 e. The van der Waals surface area contributed by atoms with Gasteiger partial charge in [0.05, 0.1) is 17.7 Å². The minimum absolute atomic E-state index is 0.0222. The lowest BCUT2D eigenvalue weighted by Gasteiger charge is -2.26. The quantitative estimate of drug-likeness (QED) is 0.936. The van der Waals surface area contributed by atoms with Gasteiger partial charge in [-0.2, -0.15) is 0 Å². The first-order valence-corrected chi connectivity index (χ1v) is 8.03. The molecule has 1 aromatic heterocycles. The zero-order valence-electron chi connectivity index (χ0n) is 14.3. The first-order chi connectivity index (χ1) is 10.8. The molecule has 1 atom stereocenters.